The lowest BCUT2D eigenvalue weighted by molar-refractivity contribution is -0.390. The number of halogens is 1. The Kier molecular flexibility index (Phi) is 6.02. The molecule has 8 nitrogen and oxygen atoms in total. The van der Waals surface area contributed by atoms with Gasteiger partial charge in [-0.1, -0.05) is 0 Å². The van der Waals surface area contributed by atoms with Gasteiger partial charge < -0.3 is 15.4 Å². The van der Waals surface area contributed by atoms with Crippen molar-refractivity contribution in [1.82, 2.24) is 9.78 Å². The first-order valence-electron chi connectivity index (χ1n) is 7.57. The van der Waals surface area contributed by atoms with Gasteiger partial charge in [0.1, 0.15) is 4.47 Å². The third kappa shape index (κ3) is 4.72. The Balaban J connectivity index is 1.87. The Morgan fingerprint density at radius 2 is 1.96 bits per heavy atom. The van der Waals surface area contributed by atoms with Gasteiger partial charge in [0.05, 0.1) is 17.3 Å². The molecule has 0 unspecified atom stereocenters. The van der Waals surface area contributed by atoms with Gasteiger partial charge in [-0.2, -0.15) is 4.68 Å². The first-order chi connectivity index (χ1) is 11.8. The van der Waals surface area contributed by atoms with Crippen LogP contribution in [-0.2, 0) is 11.3 Å². The normalized spacial score (nSPS) is 10.5. The predicted octanol–water partition coefficient (Wildman–Crippen LogP) is 3.48. The number of Topliss-reactive ketones (excluding diaryl/α,β-unsaturated/α-hetero) is 1. The molecule has 25 heavy (non-hydrogen) atoms. The summed E-state index contributed by atoms with van der Waals surface area (Å²) in [7, 11) is 0. The number of rotatable bonds is 7. The van der Waals surface area contributed by atoms with Crippen molar-refractivity contribution in [1.29, 1.82) is 0 Å². The average Bonchev–Trinajstić information content (AvgIpc) is 2.84. The van der Waals surface area contributed by atoms with Crippen molar-refractivity contribution in [2.24, 2.45) is 0 Å². The maximum absolute atomic E-state index is 12.0. The van der Waals surface area contributed by atoms with Crippen molar-refractivity contribution < 1.29 is 14.5 Å². The fourth-order valence-corrected chi connectivity index (χ4v) is 2.67. The molecule has 132 valence electrons. The second-order valence-corrected chi connectivity index (χ2v) is 6.28. The van der Waals surface area contributed by atoms with Crippen LogP contribution in [0.3, 0.4) is 0 Å². The number of aromatic nitrogens is 2. The lowest BCUT2D eigenvalue weighted by Gasteiger charge is -2.06. The third-order valence-corrected chi connectivity index (χ3v) is 4.57. The highest BCUT2D eigenvalue weighted by molar-refractivity contribution is 9.10. The van der Waals surface area contributed by atoms with Crippen molar-refractivity contribution in [3.05, 3.63) is 50.1 Å². The number of hydrogen-bond acceptors (Lipinski definition) is 5. The Morgan fingerprint density at radius 3 is 2.48 bits per heavy atom. The van der Waals surface area contributed by atoms with Crippen LogP contribution in [0.2, 0.25) is 0 Å². The van der Waals surface area contributed by atoms with Gasteiger partial charge in [0, 0.05) is 17.7 Å². The van der Waals surface area contributed by atoms with Gasteiger partial charge in [-0.15, -0.1) is 0 Å². The predicted molar refractivity (Wildman–Crippen MR) is 95.6 cm³/mol. The van der Waals surface area contributed by atoms with Gasteiger partial charge in [-0.25, -0.2) is 0 Å². The second-order valence-electron chi connectivity index (χ2n) is 5.49. The van der Waals surface area contributed by atoms with Crippen LogP contribution in [-0.4, -0.2) is 26.4 Å². The van der Waals surface area contributed by atoms with E-state index in [9.17, 15) is 19.7 Å². The van der Waals surface area contributed by atoms with E-state index in [4.69, 9.17) is 0 Å². The molecular formula is C16H17BrN4O4. The second kappa shape index (κ2) is 8.02. The largest absolute Gasteiger partial charge is 0.404 e. The van der Waals surface area contributed by atoms with E-state index in [1.807, 2.05) is 0 Å². The summed E-state index contributed by atoms with van der Waals surface area (Å²) in [5.41, 5.74) is 1.84. The molecule has 0 saturated heterocycles. The molecule has 0 bridgehead atoms. The summed E-state index contributed by atoms with van der Waals surface area (Å²) in [5, 5.41) is 17.5. The molecule has 0 aliphatic heterocycles. The highest BCUT2D eigenvalue weighted by Gasteiger charge is 2.23. The minimum atomic E-state index is -0.551. The molecule has 1 N–H and O–H groups in total. The highest BCUT2D eigenvalue weighted by Crippen LogP contribution is 2.27. The molecule has 0 radical (unpaired) electrons. The zero-order chi connectivity index (χ0) is 18.6. The van der Waals surface area contributed by atoms with Gasteiger partial charge in [0.2, 0.25) is 5.91 Å². The number of anilines is 1. The quantitative estimate of drug-likeness (QED) is 0.428. The van der Waals surface area contributed by atoms with Crippen LogP contribution < -0.4 is 5.32 Å². The number of nitrogens with zero attached hydrogens (tertiary/aromatic N) is 3. The van der Waals surface area contributed by atoms with Crippen LogP contribution in [0, 0.1) is 17.0 Å². The van der Waals surface area contributed by atoms with E-state index in [0.29, 0.717) is 34.4 Å². The van der Waals surface area contributed by atoms with E-state index in [0.717, 1.165) is 0 Å². The smallest absolute Gasteiger partial charge is 0.358 e. The number of nitro groups is 1. The summed E-state index contributed by atoms with van der Waals surface area (Å²) in [6.45, 7) is 3.60. The monoisotopic (exact) mass is 408 g/mol. The Hall–Kier alpha value is -2.55. The fourth-order valence-electron chi connectivity index (χ4n) is 2.24. The summed E-state index contributed by atoms with van der Waals surface area (Å²) in [4.78, 5) is 33.5. The third-order valence-electron chi connectivity index (χ3n) is 3.64. The van der Waals surface area contributed by atoms with Crippen LogP contribution in [0.1, 0.15) is 35.8 Å². The van der Waals surface area contributed by atoms with Gasteiger partial charge in [0.15, 0.2) is 5.78 Å². The molecule has 1 aromatic heterocycles. The maximum atomic E-state index is 12.0. The number of amides is 1. The van der Waals surface area contributed by atoms with Crippen molar-refractivity contribution >= 4 is 39.1 Å². The van der Waals surface area contributed by atoms with Crippen LogP contribution in [0.5, 0.6) is 0 Å². The maximum Gasteiger partial charge on any atom is 0.404 e. The van der Waals surface area contributed by atoms with E-state index < -0.39 is 4.92 Å². The molecule has 1 aromatic carbocycles. The van der Waals surface area contributed by atoms with Crippen molar-refractivity contribution in [2.75, 3.05) is 5.32 Å². The summed E-state index contributed by atoms with van der Waals surface area (Å²) >= 11 is 3.15. The summed E-state index contributed by atoms with van der Waals surface area (Å²) in [6, 6.07) is 6.66. The van der Waals surface area contributed by atoms with Crippen molar-refractivity contribution in [3.8, 4) is 0 Å². The van der Waals surface area contributed by atoms with E-state index >= 15 is 0 Å². The topological polar surface area (TPSA) is 107 Å². The number of ketones is 1. The van der Waals surface area contributed by atoms with Gasteiger partial charge in [-0.05, 0) is 65.4 Å². The minimum absolute atomic E-state index is 0.0345. The Morgan fingerprint density at radius 1 is 1.32 bits per heavy atom. The van der Waals surface area contributed by atoms with Crippen LogP contribution in [0.15, 0.2) is 28.7 Å². The first-order valence-corrected chi connectivity index (χ1v) is 8.37. The number of hydrogen-bond donors (Lipinski definition) is 1. The van der Waals surface area contributed by atoms with Crippen molar-refractivity contribution in [3.63, 3.8) is 0 Å². The van der Waals surface area contributed by atoms with Gasteiger partial charge in [0.25, 0.3) is 0 Å². The standard InChI is InChI=1S/C16H17BrN4O4/c1-10-15(17)16(21(24)25)19-20(10)9-3-4-14(23)18-13-7-5-12(6-8-13)11(2)22/h5-8H,3-4,9H2,1-2H3,(H,18,23). The average molecular weight is 409 g/mol. The highest BCUT2D eigenvalue weighted by atomic mass is 79.9. The van der Waals surface area contributed by atoms with Gasteiger partial charge >= 0.3 is 5.82 Å². The molecule has 0 fully saturated rings. The molecule has 2 rings (SSSR count). The van der Waals surface area contributed by atoms with Crippen LogP contribution in [0.4, 0.5) is 11.5 Å². The molecule has 0 aliphatic rings. The number of carbonyl (C=O) groups is 2. The summed E-state index contributed by atoms with van der Waals surface area (Å²) < 4.78 is 1.87. The van der Waals surface area contributed by atoms with Gasteiger partial charge in [-0.3, -0.25) is 9.59 Å². The minimum Gasteiger partial charge on any atom is -0.358 e. The van der Waals surface area contributed by atoms with E-state index in [2.05, 4.69) is 26.3 Å². The molecule has 1 amide bonds. The SMILES string of the molecule is CC(=O)c1ccc(NC(=O)CCCn2nc([N+](=O)[O-])c(Br)c2C)cc1. The van der Waals surface area contributed by atoms with Crippen LogP contribution >= 0.6 is 15.9 Å². The van der Waals surface area contributed by atoms with E-state index in [1.165, 1.54) is 11.6 Å². The molecule has 0 aliphatic carbocycles. The number of benzene rings is 1. The number of nitrogens with one attached hydrogen (secondary N) is 1. The first kappa shape index (κ1) is 18.8. The lowest BCUT2D eigenvalue weighted by atomic mass is 10.1. The molecule has 0 atom stereocenters. The Bertz CT molecular complexity index is 814. The molecular weight excluding hydrogens is 392 g/mol. The number of aryl methyl sites for hydroxylation is 1. The zero-order valence-electron chi connectivity index (χ0n) is 13.8. The zero-order valence-corrected chi connectivity index (χ0v) is 15.4. The molecule has 0 saturated carbocycles. The summed E-state index contributed by atoms with van der Waals surface area (Å²) in [6.07, 6.45) is 0.739. The van der Waals surface area contributed by atoms with E-state index in [-0.39, 0.29) is 23.9 Å². The van der Waals surface area contributed by atoms with Crippen LogP contribution in [0.25, 0.3) is 0 Å². The Labute approximate surface area is 152 Å². The van der Waals surface area contributed by atoms with E-state index in [1.54, 1.807) is 31.2 Å². The number of carbonyl (C=O) groups excluding carboxylic acids is 2. The lowest BCUT2D eigenvalue weighted by Crippen LogP contribution is -2.13. The molecule has 0 spiro atoms. The fraction of sp³-hybridized carbons (Fsp3) is 0.312. The molecule has 2 aromatic rings. The molecule has 9 heteroatoms. The summed E-state index contributed by atoms with van der Waals surface area (Å²) in [5.74, 6) is -0.436. The molecule has 1 heterocycles. The van der Waals surface area contributed by atoms with Crippen molar-refractivity contribution in [2.45, 2.75) is 33.2 Å².